The topological polar surface area (TPSA) is 115 Å². The molecule has 7 nitrogen and oxygen atoms in total. The summed E-state index contributed by atoms with van der Waals surface area (Å²) in [4.78, 5) is 25.7. The van der Waals surface area contributed by atoms with Crippen molar-refractivity contribution in [3.05, 3.63) is 11.1 Å². The molecule has 0 unspecified atom stereocenters. The lowest BCUT2D eigenvalue weighted by Gasteiger charge is -2.10. The maximum Gasteiger partial charge on any atom is 0.413 e. The second-order valence-corrected chi connectivity index (χ2v) is 6.58. The number of hydrogen-bond acceptors (Lipinski definition) is 6. The monoisotopic (exact) mass is 347 g/mol. The minimum Gasteiger partial charge on any atom is -0.480 e. The van der Waals surface area contributed by atoms with Crippen LogP contribution in [0.1, 0.15) is 11.7 Å². The van der Waals surface area contributed by atoms with Gasteiger partial charge in [0.15, 0.2) is 5.13 Å². The number of aromatic nitrogens is 1. The van der Waals surface area contributed by atoms with Gasteiger partial charge in [-0.05, 0) is 0 Å². The molecule has 0 aliphatic rings. The maximum atomic E-state index is 11.3. The fourth-order valence-corrected chi connectivity index (χ4v) is 1.78. The third-order valence-corrected chi connectivity index (χ3v) is 2.79. The molecule has 1 aromatic heterocycles. The maximum absolute atomic E-state index is 11.3. The molecule has 106 valence electrons. The number of rotatable bonds is 4. The Balaban J connectivity index is 2.54. The number of anilines is 1. The number of thiazole rings is 1. The average molecular weight is 349 g/mol. The summed E-state index contributed by atoms with van der Waals surface area (Å²) in [7, 11) is 0. The first-order valence-corrected chi connectivity index (χ1v) is 6.65. The Morgan fingerprint density at radius 3 is 2.74 bits per heavy atom. The minimum absolute atomic E-state index is 0.120. The van der Waals surface area contributed by atoms with E-state index in [4.69, 9.17) is 45.6 Å². The smallest absolute Gasteiger partial charge is 0.413 e. The van der Waals surface area contributed by atoms with Gasteiger partial charge in [0.2, 0.25) is 3.79 Å². The van der Waals surface area contributed by atoms with Crippen molar-refractivity contribution >= 4 is 63.3 Å². The highest BCUT2D eigenvalue weighted by Gasteiger charge is 2.23. The number of halogens is 3. The highest BCUT2D eigenvalue weighted by atomic mass is 35.6. The number of carbonyl (C=O) groups is 2. The third kappa shape index (κ3) is 5.79. The molecule has 1 rings (SSSR count). The molecule has 0 aromatic carbocycles. The van der Waals surface area contributed by atoms with Crippen molar-refractivity contribution in [1.82, 2.24) is 4.98 Å². The number of ether oxygens (including phenoxy) is 1. The quantitative estimate of drug-likeness (QED) is 0.718. The molecular weight excluding hydrogens is 341 g/mol. The van der Waals surface area contributed by atoms with Crippen LogP contribution in [0.2, 0.25) is 0 Å². The van der Waals surface area contributed by atoms with Crippen LogP contribution in [0.3, 0.4) is 0 Å². The van der Waals surface area contributed by atoms with E-state index in [1.807, 2.05) is 0 Å². The summed E-state index contributed by atoms with van der Waals surface area (Å²) in [5, 5.41) is 12.5. The summed E-state index contributed by atoms with van der Waals surface area (Å²) in [6, 6.07) is -1.26. The molecule has 0 bridgehead atoms. The first-order chi connectivity index (χ1) is 8.69. The van der Waals surface area contributed by atoms with Gasteiger partial charge in [-0.3, -0.25) is 10.1 Å². The van der Waals surface area contributed by atoms with E-state index in [2.05, 4.69) is 15.0 Å². The zero-order chi connectivity index (χ0) is 14.6. The summed E-state index contributed by atoms with van der Waals surface area (Å²) < 4.78 is 2.89. The molecule has 0 fully saturated rings. The second-order valence-electron chi connectivity index (χ2n) is 3.21. The lowest BCUT2D eigenvalue weighted by molar-refractivity contribution is -0.138. The number of hydrogen-bond donors (Lipinski definition) is 3. The third-order valence-electron chi connectivity index (χ3n) is 1.68. The van der Waals surface area contributed by atoms with Crippen LogP contribution >= 0.6 is 46.1 Å². The van der Waals surface area contributed by atoms with Crippen molar-refractivity contribution in [2.24, 2.45) is 5.73 Å². The molecule has 0 aliphatic heterocycles. The van der Waals surface area contributed by atoms with Crippen molar-refractivity contribution in [2.45, 2.75) is 9.83 Å². The van der Waals surface area contributed by atoms with E-state index in [0.29, 0.717) is 0 Å². The Bertz CT molecular complexity index is 476. The predicted molar refractivity (Wildman–Crippen MR) is 71.9 cm³/mol. The number of carbonyl (C=O) groups excluding carboxylic acids is 1. The van der Waals surface area contributed by atoms with Gasteiger partial charge in [0.25, 0.3) is 0 Å². The van der Waals surface area contributed by atoms with Gasteiger partial charge in [-0.1, -0.05) is 34.8 Å². The standard InChI is InChI=1S/C8H8Cl3N3O4S/c9-8(10,11)2-18-7(17)14-6-13-3(1-19-6)4(12)5(15)16/h1,4H,2,12H2,(H,15,16)(H,13,14,17)/t4-/m0/s1. The van der Waals surface area contributed by atoms with Gasteiger partial charge < -0.3 is 15.6 Å². The van der Waals surface area contributed by atoms with Crippen LogP contribution in [-0.2, 0) is 9.53 Å². The molecular formula is C8H8Cl3N3O4S. The van der Waals surface area contributed by atoms with E-state index in [1.165, 1.54) is 5.38 Å². The highest BCUT2D eigenvalue weighted by molar-refractivity contribution is 7.13. The largest absolute Gasteiger partial charge is 0.480 e. The normalized spacial score (nSPS) is 12.8. The van der Waals surface area contributed by atoms with Crippen LogP contribution in [0.4, 0.5) is 9.93 Å². The van der Waals surface area contributed by atoms with Gasteiger partial charge in [0, 0.05) is 5.38 Å². The minimum atomic E-state index is -1.71. The number of amides is 1. The van der Waals surface area contributed by atoms with Crippen molar-refractivity contribution in [3.8, 4) is 0 Å². The molecule has 0 aliphatic carbocycles. The fourth-order valence-electron chi connectivity index (χ4n) is 0.884. The molecule has 0 saturated heterocycles. The predicted octanol–water partition coefficient (Wildman–Crippen LogP) is 2.15. The molecule has 11 heteroatoms. The summed E-state index contributed by atoms with van der Waals surface area (Å²) in [6.07, 6.45) is -0.879. The Labute approximate surface area is 126 Å². The SMILES string of the molecule is N[C@H](C(=O)O)c1csc(NC(=O)OCC(Cl)(Cl)Cl)n1. The molecule has 0 spiro atoms. The number of nitrogens with two attached hydrogens (primary N) is 1. The van der Waals surface area contributed by atoms with E-state index < -0.39 is 28.5 Å². The van der Waals surface area contributed by atoms with Crippen molar-refractivity contribution < 1.29 is 19.4 Å². The Morgan fingerprint density at radius 2 is 2.21 bits per heavy atom. The molecule has 1 atom stereocenters. The summed E-state index contributed by atoms with van der Waals surface area (Å²) >= 11 is 17.2. The van der Waals surface area contributed by atoms with E-state index in [-0.39, 0.29) is 10.8 Å². The highest BCUT2D eigenvalue weighted by Crippen LogP contribution is 2.26. The van der Waals surface area contributed by atoms with Gasteiger partial charge in [-0.25, -0.2) is 9.78 Å². The fraction of sp³-hybridized carbons (Fsp3) is 0.375. The van der Waals surface area contributed by atoms with Gasteiger partial charge in [-0.2, -0.15) is 0 Å². The van der Waals surface area contributed by atoms with Crippen LogP contribution < -0.4 is 11.1 Å². The van der Waals surface area contributed by atoms with Gasteiger partial charge in [0.05, 0.1) is 5.69 Å². The second kappa shape index (κ2) is 6.58. The molecule has 1 amide bonds. The van der Waals surface area contributed by atoms with Crippen LogP contribution in [-0.4, -0.2) is 32.6 Å². The summed E-state index contributed by atoms with van der Waals surface area (Å²) in [5.74, 6) is -1.23. The molecule has 1 aromatic rings. The lowest BCUT2D eigenvalue weighted by atomic mass is 10.2. The molecule has 4 N–H and O–H groups in total. The van der Waals surface area contributed by atoms with Crippen molar-refractivity contribution in [3.63, 3.8) is 0 Å². The van der Waals surface area contributed by atoms with Gasteiger partial charge in [-0.15, -0.1) is 11.3 Å². The number of carboxylic acids is 1. The molecule has 0 radical (unpaired) electrons. The number of nitrogens with zero attached hydrogens (tertiary/aromatic N) is 1. The Hall–Kier alpha value is -0.800. The average Bonchev–Trinajstić information content (AvgIpc) is 2.72. The summed E-state index contributed by atoms with van der Waals surface area (Å²) in [6.45, 7) is -0.434. The van der Waals surface area contributed by atoms with E-state index in [1.54, 1.807) is 0 Å². The zero-order valence-corrected chi connectivity index (χ0v) is 12.2. The van der Waals surface area contributed by atoms with E-state index in [0.717, 1.165) is 11.3 Å². The summed E-state index contributed by atoms with van der Waals surface area (Å²) in [5.41, 5.74) is 5.47. The number of alkyl halides is 3. The van der Waals surface area contributed by atoms with Crippen molar-refractivity contribution in [1.29, 1.82) is 0 Å². The zero-order valence-electron chi connectivity index (χ0n) is 9.10. The van der Waals surface area contributed by atoms with Crippen LogP contribution in [0.15, 0.2) is 5.38 Å². The van der Waals surface area contributed by atoms with Crippen molar-refractivity contribution in [2.75, 3.05) is 11.9 Å². The first-order valence-electron chi connectivity index (χ1n) is 4.63. The van der Waals surface area contributed by atoms with E-state index >= 15 is 0 Å². The molecule has 1 heterocycles. The van der Waals surface area contributed by atoms with Gasteiger partial charge >= 0.3 is 12.1 Å². The first kappa shape index (κ1) is 16.3. The number of carboxylic acid groups (broad SMARTS) is 1. The Kier molecular flexibility index (Phi) is 5.63. The Morgan fingerprint density at radius 1 is 1.58 bits per heavy atom. The van der Waals surface area contributed by atoms with Gasteiger partial charge in [0.1, 0.15) is 12.6 Å². The molecule has 19 heavy (non-hydrogen) atoms. The van der Waals surface area contributed by atoms with Crippen LogP contribution in [0.25, 0.3) is 0 Å². The molecule has 0 saturated carbocycles. The van der Waals surface area contributed by atoms with Crippen LogP contribution in [0.5, 0.6) is 0 Å². The number of nitrogens with one attached hydrogen (secondary N) is 1. The number of aliphatic carboxylic acids is 1. The lowest BCUT2D eigenvalue weighted by Crippen LogP contribution is -2.22. The van der Waals surface area contributed by atoms with E-state index in [9.17, 15) is 9.59 Å². The van der Waals surface area contributed by atoms with Crippen LogP contribution in [0, 0.1) is 0 Å².